The van der Waals surface area contributed by atoms with Crippen molar-refractivity contribution in [1.82, 2.24) is 15.2 Å². The first kappa shape index (κ1) is 24.8. The van der Waals surface area contributed by atoms with Gasteiger partial charge >= 0.3 is 6.18 Å². The van der Waals surface area contributed by atoms with Gasteiger partial charge in [-0.05, 0) is 63.1 Å². The summed E-state index contributed by atoms with van der Waals surface area (Å²) in [4.78, 5) is 33.1. The number of carbonyl (C=O) groups excluding carboxylic acids is 2. The predicted octanol–water partition coefficient (Wildman–Crippen LogP) is 4.76. The number of pyridine rings is 1. The Bertz CT molecular complexity index is 1280. The molecule has 3 aliphatic rings. The molecule has 10 heteroatoms. The lowest BCUT2D eigenvalue weighted by Gasteiger charge is -2.49. The van der Waals surface area contributed by atoms with Crippen molar-refractivity contribution in [3.05, 3.63) is 71.8 Å². The maximum atomic E-state index is 13.6. The molecule has 0 bridgehead atoms. The van der Waals surface area contributed by atoms with Crippen molar-refractivity contribution in [3.63, 3.8) is 0 Å². The second-order valence-corrected chi connectivity index (χ2v) is 9.86. The molecule has 1 aromatic heterocycles. The summed E-state index contributed by atoms with van der Waals surface area (Å²) in [7, 11) is 0. The smallest absolute Gasteiger partial charge is 0.349 e. The van der Waals surface area contributed by atoms with Crippen LogP contribution in [-0.4, -0.2) is 39.3 Å². The van der Waals surface area contributed by atoms with Gasteiger partial charge in [0, 0.05) is 17.6 Å². The molecule has 2 saturated carbocycles. The molecule has 1 aromatic carbocycles. The lowest BCUT2D eigenvalue weighted by Crippen LogP contribution is -2.58. The molecule has 1 N–H and O–H groups in total. The van der Waals surface area contributed by atoms with E-state index in [0.717, 1.165) is 18.7 Å². The first-order valence-corrected chi connectivity index (χ1v) is 12.3. The minimum absolute atomic E-state index is 0.000963. The number of hydrogen-bond donors (Lipinski definition) is 1. The standard InChI is InChI=1S/C27H26F3N5O2/c1-17-34(21-14-22(27(28,29)30)23(15-31)32-16-21)25(37)26(12-5-13-26)35(17)20-10-8-19(9-11-20)33-24(36)18-6-3-2-4-7-18/h2-4,6-7,14,16,19-20H,1,5,8-13H2,(H,33,36). The van der Waals surface area contributed by atoms with E-state index in [9.17, 15) is 22.8 Å². The van der Waals surface area contributed by atoms with Gasteiger partial charge in [0.05, 0.1) is 17.4 Å². The Morgan fingerprint density at radius 3 is 2.41 bits per heavy atom. The van der Waals surface area contributed by atoms with E-state index in [1.807, 2.05) is 23.1 Å². The molecule has 2 aromatic rings. The molecular formula is C27H26F3N5O2. The largest absolute Gasteiger partial charge is 0.419 e. The van der Waals surface area contributed by atoms with E-state index in [0.29, 0.717) is 49.9 Å². The van der Waals surface area contributed by atoms with Gasteiger partial charge in [-0.1, -0.05) is 24.8 Å². The quantitative estimate of drug-likeness (QED) is 0.642. The van der Waals surface area contributed by atoms with Crippen molar-refractivity contribution in [2.75, 3.05) is 4.90 Å². The van der Waals surface area contributed by atoms with Crippen LogP contribution in [0.3, 0.4) is 0 Å². The minimum Gasteiger partial charge on any atom is -0.349 e. The molecule has 37 heavy (non-hydrogen) atoms. The molecule has 0 atom stereocenters. The molecule has 3 fully saturated rings. The maximum Gasteiger partial charge on any atom is 0.419 e. The zero-order chi connectivity index (χ0) is 26.4. The summed E-state index contributed by atoms with van der Waals surface area (Å²) < 4.78 is 40.7. The van der Waals surface area contributed by atoms with Gasteiger partial charge in [-0.25, -0.2) is 4.98 Å². The molecule has 7 nitrogen and oxygen atoms in total. The molecule has 1 saturated heterocycles. The molecule has 5 rings (SSSR count). The summed E-state index contributed by atoms with van der Waals surface area (Å²) in [6, 6.07) is 11.3. The third-order valence-electron chi connectivity index (χ3n) is 7.76. The van der Waals surface area contributed by atoms with Crippen LogP contribution >= 0.6 is 0 Å². The Balaban J connectivity index is 1.35. The number of rotatable bonds is 4. The highest BCUT2D eigenvalue weighted by molar-refractivity contribution is 6.06. The highest BCUT2D eigenvalue weighted by atomic mass is 19.4. The normalized spacial score (nSPS) is 23.1. The molecule has 2 amide bonds. The van der Waals surface area contributed by atoms with Gasteiger partial charge in [0.1, 0.15) is 17.4 Å². The van der Waals surface area contributed by atoms with Crippen LogP contribution in [0.15, 0.2) is 55.0 Å². The number of aromatic nitrogens is 1. The van der Waals surface area contributed by atoms with Crippen LogP contribution in [0, 0.1) is 11.3 Å². The molecule has 2 aliphatic carbocycles. The fourth-order valence-corrected chi connectivity index (χ4v) is 5.79. The topological polar surface area (TPSA) is 89.3 Å². The number of halogens is 3. The lowest BCUT2D eigenvalue weighted by molar-refractivity contribution is -0.138. The van der Waals surface area contributed by atoms with E-state index in [1.165, 1.54) is 11.0 Å². The van der Waals surface area contributed by atoms with Crippen LogP contribution in [-0.2, 0) is 11.0 Å². The van der Waals surface area contributed by atoms with Crippen LogP contribution in [0.5, 0.6) is 0 Å². The van der Waals surface area contributed by atoms with Crippen molar-refractivity contribution >= 4 is 17.5 Å². The van der Waals surface area contributed by atoms with Gasteiger partial charge in [-0.3, -0.25) is 14.5 Å². The van der Waals surface area contributed by atoms with E-state index in [4.69, 9.17) is 5.26 Å². The fraction of sp³-hybridized carbons (Fsp3) is 0.407. The molecule has 1 spiro atoms. The number of nitrogens with one attached hydrogen (secondary N) is 1. The van der Waals surface area contributed by atoms with Crippen LogP contribution in [0.4, 0.5) is 18.9 Å². The van der Waals surface area contributed by atoms with Gasteiger partial charge < -0.3 is 10.2 Å². The van der Waals surface area contributed by atoms with Crippen molar-refractivity contribution in [2.45, 2.75) is 68.7 Å². The predicted molar refractivity (Wildman–Crippen MR) is 129 cm³/mol. The highest BCUT2D eigenvalue weighted by Gasteiger charge is 2.60. The molecular weight excluding hydrogens is 483 g/mol. The van der Waals surface area contributed by atoms with Crippen LogP contribution in [0.25, 0.3) is 0 Å². The summed E-state index contributed by atoms with van der Waals surface area (Å²) in [6.45, 7) is 4.13. The Morgan fingerprint density at radius 1 is 1.16 bits per heavy atom. The van der Waals surface area contributed by atoms with Gasteiger partial charge in [-0.15, -0.1) is 0 Å². The van der Waals surface area contributed by atoms with Gasteiger partial charge in [-0.2, -0.15) is 18.4 Å². The van der Waals surface area contributed by atoms with Crippen LogP contribution < -0.4 is 10.2 Å². The molecule has 192 valence electrons. The summed E-state index contributed by atoms with van der Waals surface area (Å²) in [6.07, 6.45) is 1.23. The van der Waals surface area contributed by atoms with Crippen molar-refractivity contribution in [1.29, 1.82) is 5.26 Å². The number of hydrogen-bond acceptors (Lipinski definition) is 5. The Morgan fingerprint density at radius 2 is 1.84 bits per heavy atom. The average molecular weight is 510 g/mol. The number of benzene rings is 1. The molecule has 2 heterocycles. The van der Waals surface area contributed by atoms with E-state index in [2.05, 4.69) is 16.9 Å². The third-order valence-corrected chi connectivity index (χ3v) is 7.76. The number of anilines is 1. The minimum atomic E-state index is -4.78. The van der Waals surface area contributed by atoms with Crippen molar-refractivity contribution in [2.24, 2.45) is 0 Å². The molecule has 1 aliphatic heterocycles. The van der Waals surface area contributed by atoms with Crippen molar-refractivity contribution in [3.8, 4) is 6.07 Å². The number of carbonyl (C=O) groups is 2. The first-order chi connectivity index (χ1) is 17.7. The van der Waals surface area contributed by atoms with Crippen molar-refractivity contribution < 1.29 is 22.8 Å². The fourth-order valence-electron chi connectivity index (χ4n) is 5.79. The maximum absolute atomic E-state index is 13.6. The van der Waals surface area contributed by atoms with E-state index < -0.39 is 23.0 Å². The SMILES string of the molecule is C=C1N(c2cnc(C#N)c(C(F)(F)F)c2)C(=O)C2(CCC2)N1C1CCC(NC(=O)c2ccccc2)CC1. The second kappa shape index (κ2) is 9.21. The molecule has 0 unspecified atom stereocenters. The number of alkyl halides is 3. The monoisotopic (exact) mass is 509 g/mol. The Hall–Kier alpha value is -3.87. The van der Waals surface area contributed by atoms with Crippen LogP contribution in [0.2, 0.25) is 0 Å². The van der Waals surface area contributed by atoms with Gasteiger partial charge in [0.25, 0.3) is 11.8 Å². The number of amides is 2. The highest BCUT2D eigenvalue weighted by Crippen LogP contribution is 2.51. The second-order valence-electron chi connectivity index (χ2n) is 9.86. The summed E-state index contributed by atoms with van der Waals surface area (Å²) >= 11 is 0. The Labute approximate surface area is 212 Å². The average Bonchev–Trinajstić information content (AvgIpc) is 3.10. The lowest BCUT2D eigenvalue weighted by atomic mass is 9.73. The zero-order valence-corrected chi connectivity index (χ0v) is 20.1. The third kappa shape index (κ3) is 4.22. The number of nitrogens with zero attached hydrogens (tertiary/aromatic N) is 4. The number of nitriles is 1. The van der Waals surface area contributed by atoms with E-state index >= 15 is 0 Å². The Kier molecular flexibility index (Phi) is 6.18. The van der Waals surface area contributed by atoms with Gasteiger partial charge in [0.15, 0.2) is 5.69 Å². The van der Waals surface area contributed by atoms with E-state index in [1.54, 1.807) is 12.1 Å². The summed E-state index contributed by atoms with van der Waals surface area (Å²) in [5, 5.41) is 12.2. The summed E-state index contributed by atoms with van der Waals surface area (Å²) in [5.41, 5.74) is -2.18. The molecule has 0 radical (unpaired) electrons. The first-order valence-electron chi connectivity index (χ1n) is 12.3. The zero-order valence-electron chi connectivity index (χ0n) is 20.1. The van der Waals surface area contributed by atoms with Crippen LogP contribution in [0.1, 0.15) is 66.6 Å². The van der Waals surface area contributed by atoms with E-state index in [-0.39, 0.29) is 29.6 Å². The summed E-state index contributed by atoms with van der Waals surface area (Å²) in [5.74, 6) is -0.0933. The van der Waals surface area contributed by atoms with Gasteiger partial charge in [0.2, 0.25) is 0 Å².